The van der Waals surface area contributed by atoms with E-state index in [0.29, 0.717) is 22.1 Å². The van der Waals surface area contributed by atoms with Crippen molar-refractivity contribution in [2.75, 3.05) is 23.8 Å². The van der Waals surface area contributed by atoms with Crippen LogP contribution in [0.5, 0.6) is 5.75 Å². The fourth-order valence-electron chi connectivity index (χ4n) is 2.11. The van der Waals surface area contributed by atoms with Crippen LogP contribution < -0.4 is 14.4 Å². The van der Waals surface area contributed by atoms with Gasteiger partial charge in [-0.2, -0.15) is 0 Å². The summed E-state index contributed by atoms with van der Waals surface area (Å²) in [5.41, 5.74) is 0.848. The molecule has 0 spiro atoms. The summed E-state index contributed by atoms with van der Waals surface area (Å²) in [6, 6.07) is 10.6. The molecule has 128 valence electrons. The highest BCUT2D eigenvalue weighted by Gasteiger charge is 2.24. The van der Waals surface area contributed by atoms with Gasteiger partial charge >= 0.3 is 0 Å². The van der Waals surface area contributed by atoms with Gasteiger partial charge in [-0.15, -0.1) is 0 Å². The molecule has 0 aromatic heterocycles. The van der Waals surface area contributed by atoms with Gasteiger partial charge in [0.25, 0.3) is 10.0 Å². The molecule has 0 saturated carbocycles. The van der Waals surface area contributed by atoms with Crippen LogP contribution in [0.1, 0.15) is 6.92 Å². The van der Waals surface area contributed by atoms with Gasteiger partial charge in [0.15, 0.2) is 0 Å². The molecule has 0 heterocycles. The smallest absolute Gasteiger partial charge is 0.264 e. The van der Waals surface area contributed by atoms with Gasteiger partial charge < -0.3 is 10.1 Å². The Bertz CT molecular complexity index is 851. The molecule has 2 aromatic rings. The van der Waals surface area contributed by atoms with Gasteiger partial charge in [-0.05, 0) is 42.5 Å². The zero-order valence-electron chi connectivity index (χ0n) is 13.4. The number of amides is 1. The van der Waals surface area contributed by atoms with E-state index in [2.05, 4.69) is 5.32 Å². The maximum Gasteiger partial charge on any atom is 0.264 e. The van der Waals surface area contributed by atoms with Crippen LogP contribution in [0.2, 0.25) is 5.02 Å². The van der Waals surface area contributed by atoms with Crippen LogP contribution >= 0.6 is 11.6 Å². The molecule has 1 amide bonds. The first-order valence-corrected chi connectivity index (χ1v) is 8.77. The van der Waals surface area contributed by atoms with Crippen LogP contribution in [0.15, 0.2) is 47.4 Å². The van der Waals surface area contributed by atoms with E-state index in [1.54, 1.807) is 12.1 Å². The molecule has 0 radical (unpaired) electrons. The van der Waals surface area contributed by atoms with Crippen LogP contribution in [0, 0.1) is 0 Å². The third-order valence-corrected chi connectivity index (χ3v) is 5.33. The quantitative estimate of drug-likeness (QED) is 0.879. The Balaban J connectivity index is 2.39. The summed E-state index contributed by atoms with van der Waals surface area (Å²) < 4.78 is 31.9. The van der Waals surface area contributed by atoms with E-state index in [1.165, 1.54) is 51.4 Å². The van der Waals surface area contributed by atoms with Gasteiger partial charge in [0.2, 0.25) is 5.91 Å². The summed E-state index contributed by atoms with van der Waals surface area (Å²) in [7, 11) is -0.929. The molecule has 6 nitrogen and oxygen atoms in total. The molecule has 2 aromatic carbocycles. The van der Waals surface area contributed by atoms with E-state index in [4.69, 9.17) is 16.3 Å². The SMILES string of the molecule is COc1ccc(Cl)cc1N(C)S(=O)(=O)c1ccc(NC(C)=O)cc1. The molecule has 0 aliphatic heterocycles. The molecule has 0 aliphatic rings. The summed E-state index contributed by atoms with van der Waals surface area (Å²) in [4.78, 5) is 11.1. The van der Waals surface area contributed by atoms with E-state index in [0.717, 1.165) is 4.31 Å². The van der Waals surface area contributed by atoms with Crippen molar-refractivity contribution < 1.29 is 17.9 Å². The monoisotopic (exact) mass is 368 g/mol. The number of nitrogens with one attached hydrogen (secondary N) is 1. The van der Waals surface area contributed by atoms with Gasteiger partial charge in [0, 0.05) is 24.7 Å². The molecule has 0 atom stereocenters. The Morgan fingerprint density at radius 3 is 2.33 bits per heavy atom. The van der Waals surface area contributed by atoms with Crippen molar-refractivity contribution in [2.24, 2.45) is 0 Å². The summed E-state index contributed by atoms with van der Waals surface area (Å²) in [5, 5.41) is 2.98. The second-order valence-corrected chi connectivity index (χ2v) is 7.40. The summed E-state index contributed by atoms with van der Waals surface area (Å²) >= 11 is 5.97. The first-order chi connectivity index (χ1) is 11.3. The third-order valence-electron chi connectivity index (χ3n) is 3.31. The maximum atomic E-state index is 12.8. The molecule has 0 bridgehead atoms. The number of carbonyl (C=O) groups excluding carboxylic acids is 1. The molecule has 24 heavy (non-hydrogen) atoms. The second kappa shape index (κ2) is 7.11. The minimum absolute atomic E-state index is 0.0844. The third kappa shape index (κ3) is 3.80. The van der Waals surface area contributed by atoms with E-state index >= 15 is 0 Å². The number of ether oxygens (including phenoxy) is 1. The van der Waals surface area contributed by atoms with Crippen molar-refractivity contribution in [1.29, 1.82) is 0 Å². The molecule has 2 rings (SSSR count). The second-order valence-electron chi connectivity index (χ2n) is 4.99. The standard InChI is InChI=1S/C16H17ClN2O4S/c1-11(20)18-13-5-7-14(8-6-13)24(21,22)19(2)15-10-12(17)4-9-16(15)23-3/h4-10H,1-3H3,(H,18,20). The zero-order chi connectivity index (χ0) is 17.9. The minimum Gasteiger partial charge on any atom is -0.495 e. The van der Waals surface area contributed by atoms with Gasteiger partial charge in [-0.3, -0.25) is 9.10 Å². The lowest BCUT2D eigenvalue weighted by Gasteiger charge is -2.22. The number of methoxy groups -OCH3 is 1. The Morgan fingerprint density at radius 1 is 1.17 bits per heavy atom. The molecule has 0 aliphatic carbocycles. The van der Waals surface area contributed by atoms with E-state index in [-0.39, 0.29) is 10.8 Å². The van der Waals surface area contributed by atoms with Crippen molar-refractivity contribution in [3.63, 3.8) is 0 Å². The predicted octanol–water partition coefficient (Wildman–Crippen LogP) is 3.13. The lowest BCUT2D eigenvalue weighted by atomic mass is 10.3. The highest BCUT2D eigenvalue weighted by molar-refractivity contribution is 7.92. The first kappa shape index (κ1) is 18.1. The summed E-state index contributed by atoms with van der Waals surface area (Å²) in [5.74, 6) is 0.159. The van der Waals surface area contributed by atoms with Crippen LogP contribution in [0.4, 0.5) is 11.4 Å². The maximum absolute atomic E-state index is 12.8. The fraction of sp³-hybridized carbons (Fsp3) is 0.188. The van der Waals surface area contributed by atoms with Crippen molar-refractivity contribution in [3.05, 3.63) is 47.5 Å². The molecule has 0 saturated heterocycles. The van der Waals surface area contributed by atoms with Crippen LogP contribution in [0.3, 0.4) is 0 Å². The summed E-state index contributed by atoms with van der Waals surface area (Å²) in [6.45, 7) is 1.38. The van der Waals surface area contributed by atoms with Gasteiger partial charge in [-0.1, -0.05) is 11.6 Å². The van der Waals surface area contributed by atoms with Gasteiger partial charge in [0.1, 0.15) is 5.75 Å². The fourth-order valence-corrected chi connectivity index (χ4v) is 3.47. The highest BCUT2D eigenvalue weighted by Crippen LogP contribution is 2.33. The van der Waals surface area contributed by atoms with Crippen molar-refractivity contribution in [3.8, 4) is 5.75 Å². The Morgan fingerprint density at radius 2 is 1.79 bits per heavy atom. The molecule has 8 heteroatoms. The number of carbonyl (C=O) groups is 1. The molecule has 1 N–H and O–H groups in total. The number of sulfonamides is 1. The molecular formula is C16H17ClN2O4S. The topological polar surface area (TPSA) is 75.7 Å². The van der Waals surface area contributed by atoms with Gasteiger partial charge in [-0.25, -0.2) is 8.42 Å². The Kier molecular flexibility index (Phi) is 5.36. The van der Waals surface area contributed by atoms with Crippen LogP contribution in [-0.4, -0.2) is 28.5 Å². The Labute approximate surface area is 146 Å². The van der Waals surface area contributed by atoms with Crippen molar-refractivity contribution >= 4 is 38.9 Å². The lowest BCUT2D eigenvalue weighted by Crippen LogP contribution is -2.27. The average Bonchev–Trinajstić information content (AvgIpc) is 2.54. The number of hydrogen-bond donors (Lipinski definition) is 1. The van der Waals surface area contributed by atoms with E-state index in [1.807, 2.05) is 0 Å². The number of rotatable bonds is 5. The highest BCUT2D eigenvalue weighted by atomic mass is 35.5. The number of benzene rings is 2. The number of hydrogen-bond acceptors (Lipinski definition) is 4. The zero-order valence-corrected chi connectivity index (χ0v) is 15.0. The van der Waals surface area contributed by atoms with Crippen LogP contribution in [0.25, 0.3) is 0 Å². The molecule has 0 unspecified atom stereocenters. The predicted molar refractivity (Wildman–Crippen MR) is 94.3 cm³/mol. The van der Waals surface area contributed by atoms with E-state index < -0.39 is 10.0 Å². The first-order valence-electron chi connectivity index (χ1n) is 6.96. The van der Waals surface area contributed by atoms with Gasteiger partial charge in [0.05, 0.1) is 17.7 Å². The molecule has 0 fully saturated rings. The molecular weight excluding hydrogens is 352 g/mol. The lowest BCUT2D eigenvalue weighted by molar-refractivity contribution is -0.114. The largest absolute Gasteiger partial charge is 0.495 e. The van der Waals surface area contributed by atoms with Crippen molar-refractivity contribution in [2.45, 2.75) is 11.8 Å². The van der Waals surface area contributed by atoms with Crippen molar-refractivity contribution in [1.82, 2.24) is 0 Å². The normalized spacial score (nSPS) is 11.0. The number of anilines is 2. The Hall–Kier alpha value is -2.25. The number of nitrogens with zero attached hydrogens (tertiary/aromatic N) is 1. The van der Waals surface area contributed by atoms with E-state index in [9.17, 15) is 13.2 Å². The minimum atomic E-state index is -3.80. The average molecular weight is 369 g/mol. The summed E-state index contributed by atoms with van der Waals surface area (Å²) in [6.07, 6.45) is 0. The van der Waals surface area contributed by atoms with Crippen LogP contribution in [-0.2, 0) is 14.8 Å². The number of halogens is 1.